The van der Waals surface area contributed by atoms with E-state index in [0.717, 1.165) is 4.31 Å². The fourth-order valence-corrected chi connectivity index (χ4v) is 8.05. The van der Waals surface area contributed by atoms with Crippen LogP contribution in [0.3, 0.4) is 0 Å². The second-order valence-corrected chi connectivity index (χ2v) is 14.5. The fraction of sp³-hybridized carbons (Fsp3) is 0.462. The first-order chi connectivity index (χ1) is 21.3. The first-order valence-corrected chi connectivity index (χ1v) is 17.2. The Hall–Kier alpha value is -3.13. The van der Waals surface area contributed by atoms with Gasteiger partial charge in [-0.05, 0) is 43.3 Å². The summed E-state index contributed by atoms with van der Waals surface area (Å²) in [5.41, 5.74) is 1.33. The van der Waals surface area contributed by atoms with Gasteiger partial charge in [0.05, 0.1) is 17.3 Å². The summed E-state index contributed by atoms with van der Waals surface area (Å²) in [6.45, 7) is 1.98. The van der Waals surface area contributed by atoms with Gasteiger partial charge in [0.1, 0.15) is 11.8 Å². The van der Waals surface area contributed by atoms with Crippen molar-refractivity contribution in [3.05, 3.63) is 53.1 Å². The molecule has 2 aliphatic rings. The molecule has 0 spiro atoms. The van der Waals surface area contributed by atoms with Crippen molar-refractivity contribution in [1.82, 2.24) is 23.9 Å². The van der Waals surface area contributed by atoms with Gasteiger partial charge in [0, 0.05) is 57.4 Å². The minimum Gasteiger partial charge on any atom is -0.451 e. The molecule has 2 amide bonds. The summed E-state index contributed by atoms with van der Waals surface area (Å²) in [5, 5.41) is 9.65. The molecule has 4 rings (SSSR count). The third-order valence-electron chi connectivity index (χ3n) is 7.28. The molecule has 45 heavy (non-hydrogen) atoms. The molecule has 0 saturated carbocycles. The van der Waals surface area contributed by atoms with Gasteiger partial charge in [-0.2, -0.15) is 8.61 Å². The van der Waals surface area contributed by atoms with Crippen LogP contribution in [0.15, 0.2) is 41.3 Å². The van der Waals surface area contributed by atoms with E-state index in [4.69, 9.17) is 21.1 Å². The van der Waals surface area contributed by atoms with E-state index >= 15 is 0 Å². The van der Waals surface area contributed by atoms with Crippen LogP contribution in [0.1, 0.15) is 6.92 Å². The normalized spacial score (nSPS) is 18.9. The van der Waals surface area contributed by atoms with Crippen molar-refractivity contribution in [2.45, 2.75) is 17.9 Å². The number of piperazine rings is 2. The Bertz CT molecular complexity index is 1590. The van der Waals surface area contributed by atoms with Gasteiger partial charge in [-0.3, -0.25) is 14.9 Å². The van der Waals surface area contributed by atoms with Crippen molar-refractivity contribution in [2.24, 2.45) is 0 Å². The molecule has 19 heteroatoms. The van der Waals surface area contributed by atoms with Crippen molar-refractivity contribution in [3.8, 4) is 11.5 Å². The molecule has 2 N–H and O–H groups in total. The predicted molar refractivity (Wildman–Crippen MR) is 156 cm³/mol. The number of rotatable bonds is 10. The second kappa shape index (κ2) is 14.5. The van der Waals surface area contributed by atoms with E-state index in [9.17, 15) is 40.4 Å². The van der Waals surface area contributed by atoms with Crippen LogP contribution in [0.4, 0.5) is 13.6 Å². The van der Waals surface area contributed by atoms with Gasteiger partial charge in [-0.25, -0.2) is 35.9 Å². The molecule has 0 aliphatic carbocycles. The average Bonchev–Trinajstić information content (AvgIpc) is 3.02. The van der Waals surface area contributed by atoms with Crippen LogP contribution in [-0.4, -0.2) is 123 Å². The zero-order chi connectivity index (χ0) is 32.9. The Morgan fingerprint density at radius 3 is 2.20 bits per heavy atom. The SMILES string of the molecule is CCOC(=O)N1CCN(CCS(=O)(=O)N2CCN(S(=O)(=O)c3cc(F)c(Oc4ccc(Cl)cc4)c(F)c3)[C@H](C(=O)NO)C2)CC1. The maximum absolute atomic E-state index is 14.9. The summed E-state index contributed by atoms with van der Waals surface area (Å²) in [4.78, 5) is 27.0. The highest BCUT2D eigenvalue weighted by atomic mass is 35.5. The van der Waals surface area contributed by atoms with Crippen LogP contribution in [0.5, 0.6) is 11.5 Å². The van der Waals surface area contributed by atoms with Gasteiger partial charge in [-0.15, -0.1) is 0 Å². The van der Waals surface area contributed by atoms with E-state index < -0.39 is 73.5 Å². The Balaban J connectivity index is 1.45. The van der Waals surface area contributed by atoms with Gasteiger partial charge in [0.15, 0.2) is 17.4 Å². The summed E-state index contributed by atoms with van der Waals surface area (Å²) in [5.74, 6) is -5.15. The molecule has 0 aromatic heterocycles. The van der Waals surface area contributed by atoms with Gasteiger partial charge in [0.25, 0.3) is 5.91 Å². The lowest BCUT2D eigenvalue weighted by atomic mass is 10.2. The third kappa shape index (κ3) is 8.18. The number of halogens is 3. The van der Waals surface area contributed by atoms with Gasteiger partial charge < -0.3 is 14.4 Å². The molecule has 2 fully saturated rings. The van der Waals surface area contributed by atoms with E-state index in [1.807, 2.05) is 4.90 Å². The molecular weight excluding hydrogens is 664 g/mol. The van der Waals surface area contributed by atoms with E-state index in [1.165, 1.54) is 34.6 Å². The highest BCUT2D eigenvalue weighted by Gasteiger charge is 2.43. The summed E-state index contributed by atoms with van der Waals surface area (Å²) >= 11 is 5.80. The summed E-state index contributed by atoms with van der Waals surface area (Å²) < 4.78 is 95.0. The van der Waals surface area contributed by atoms with Crippen LogP contribution in [-0.2, 0) is 29.6 Å². The van der Waals surface area contributed by atoms with Crippen LogP contribution in [0, 0.1) is 11.6 Å². The average molecular weight is 696 g/mol. The number of carbonyl (C=O) groups excluding carboxylic acids is 2. The van der Waals surface area contributed by atoms with Crippen LogP contribution >= 0.6 is 11.6 Å². The van der Waals surface area contributed by atoms with Crippen LogP contribution < -0.4 is 10.2 Å². The summed E-state index contributed by atoms with van der Waals surface area (Å²) in [7, 11) is -8.81. The number of carbonyl (C=O) groups is 2. The number of ether oxygens (including phenoxy) is 2. The second-order valence-electron chi connectivity index (χ2n) is 10.1. The first-order valence-electron chi connectivity index (χ1n) is 13.8. The van der Waals surface area contributed by atoms with Gasteiger partial charge >= 0.3 is 6.09 Å². The van der Waals surface area contributed by atoms with E-state index in [2.05, 4.69) is 0 Å². The number of hydrogen-bond acceptors (Lipinski definition) is 10. The first kappa shape index (κ1) is 34.7. The molecule has 2 aliphatic heterocycles. The van der Waals surface area contributed by atoms with Crippen molar-refractivity contribution in [3.63, 3.8) is 0 Å². The lowest BCUT2D eigenvalue weighted by Crippen LogP contribution is -2.61. The minimum atomic E-state index is -4.79. The molecule has 0 unspecified atom stereocenters. The largest absolute Gasteiger partial charge is 0.451 e. The lowest BCUT2D eigenvalue weighted by Gasteiger charge is -2.39. The predicted octanol–water partition coefficient (Wildman–Crippen LogP) is 1.69. The number of nitrogens with one attached hydrogen (secondary N) is 1. The summed E-state index contributed by atoms with van der Waals surface area (Å²) in [6.07, 6.45) is -0.446. The Kier molecular flexibility index (Phi) is 11.2. The molecule has 14 nitrogen and oxygen atoms in total. The topological polar surface area (TPSA) is 166 Å². The zero-order valence-corrected chi connectivity index (χ0v) is 26.5. The van der Waals surface area contributed by atoms with Crippen molar-refractivity contribution >= 4 is 43.6 Å². The molecule has 1 atom stereocenters. The van der Waals surface area contributed by atoms with Crippen LogP contribution in [0.2, 0.25) is 5.02 Å². The lowest BCUT2D eigenvalue weighted by molar-refractivity contribution is -0.134. The molecule has 0 radical (unpaired) electrons. The number of nitrogens with zero attached hydrogens (tertiary/aromatic N) is 4. The Morgan fingerprint density at radius 1 is 1.00 bits per heavy atom. The number of benzene rings is 2. The monoisotopic (exact) mass is 695 g/mol. The van der Waals surface area contributed by atoms with Gasteiger partial charge in [0.2, 0.25) is 20.0 Å². The van der Waals surface area contributed by atoms with Crippen molar-refractivity contribution < 1.29 is 49.9 Å². The number of hydrogen-bond donors (Lipinski definition) is 2. The molecular formula is C26H32ClF2N5O9S2. The number of hydroxylamine groups is 1. The molecule has 248 valence electrons. The molecule has 2 aromatic rings. The Morgan fingerprint density at radius 2 is 1.62 bits per heavy atom. The maximum atomic E-state index is 14.9. The standard InChI is InChI=1S/C26H32ClF2N5O9S2/c1-2-42-26(36)32-9-7-31(8-10-32)13-14-44(38,39)33-11-12-34(23(17-33)25(35)30-37)45(40,41)20-15-21(28)24(22(29)16-20)43-19-5-3-18(27)4-6-19/h3-6,15-16,23,37H,2,7-14,17H2,1H3,(H,30,35)/t23-/m0/s1. The fourth-order valence-electron chi connectivity index (χ4n) is 4.85. The van der Waals surface area contributed by atoms with Gasteiger partial charge in [-0.1, -0.05) is 11.6 Å². The van der Waals surface area contributed by atoms with Crippen LogP contribution in [0.25, 0.3) is 0 Å². The Labute approximate surface area is 264 Å². The molecule has 2 saturated heterocycles. The smallest absolute Gasteiger partial charge is 0.409 e. The van der Waals surface area contributed by atoms with Crippen molar-refractivity contribution in [1.29, 1.82) is 0 Å². The number of amides is 2. The maximum Gasteiger partial charge on any atom is 0.409 e. The molecule has 2 aromatic carbocycles. The third-order valence-corrected chi connectivity index (χ3v) is 11.2. The van der Waals surface area contributed by atoms with Crippen molar-refractivity contribution in [2.75, 3.05) is 64.7 Å². The van der Waals surface area contributed by atoms with E-state index in [1.54, 1.807) is 6.92 Å². The highest BCUT2D eigenvalue weighted by molar-refractivity contribution is 7.89. The molecule has 2 heterocycles. The number of sulfonamides is 2. The zero-order valence-electron chi connectivity index (χ0n) is 24.1. The van der Waals surface area contributed by atoms with E-state index in [0.29, 0.717) is 47.6 Å². The van der Waals surface area contributed by atoms with E-state index in [-0.39, 0.29) is 31.2 Å². The minimum absolute atomic E-state index is 0.0313. The molecule has 0 bridgehead atoms. The highest BCUT2D eigenvalue weighted by Crippen LogP contribution is 2.32. The summed E-state index contributed by atoms with van der Waals surface area (Å²) in [6, 6.07) is 4.82. The quantitative estimate of drug-likeness (QED) is 0.276.